The van der Waals surface area contributed by atoms with E-state index in [0.717, 1.165) is 5.56 Å². The van der Waals surface area contributed by atoms with Gasteiger partial charge in [-0.15, -0.1) is 5.10 Å². The Kier molecular flexibility index (Phi) is 6.27. The first-order chi connectivity index (χ1) is 13.4. The van der Waals surface area contributed by atoms with Gasteiger partial charge in [-0.1, -0.05) is 11.3 Å². The molecule has 0 radical (unpaired) electrons. The highest BCUT2D eigenvalue weighted by molar-refractivity contribution is 9.10. The average molecular weight is 468 g/mol. The Morgan fingerprint density at radius 3 is 2.64 bits per heavy atom. The highest BCUT2D eigenvalue weighted by Crippen LogP contribution is 2.35. The summed E-state index contributed by atoms with van der Waals surface area (Å²) in [6.45, 7) is 0.491. The zero-order valence-electron chi connectivity index (χ0n) is 15.2. The van der Waals surface area contributed by atoms with Crippen LogP contribution < -0.4 is 14.2 Å². The van der Waals surface area contributed by atoms with Crippen LogP contribution in [0.4, 0.5) is 0 Å². The van der Waals surface area contributed by atoms with Crippen molar-refractivity contribution in [3.05, 3.63) is 58.6 Å². The molecule has 3 aromatic rings. The normalized spacial score (nSPS) is 11.4. The lowest BCUT2D eigenvalue weighted by Gasteiger charge is -2.12. The molecule has 0 spiro atoms. The summed E-state index contributed by atoms with van der Waals surface area (Å²) in [5, 5.41) is 8.01. The molecule has 0 aliphatic rings. The van der Waals surface area contributed by atoms with Crippen molar-refractivity contribution < 1.29 is 17.9 Å². The Balaban J connectivity index is 1.72. The molecule has 148 valence electrons. The summed E-state index contributed by atoms with van der Waals surface area (Å²) in [5.41, 5.74) is 1.46. The van der Waals surface area contributed by atoms with Gasteiger partial charge in [-0.25, -0.2) is 17.8 Å². The van der Waals surface area contributed by atoms with Gasteiger partial charge in [0.05, 0.1) is 39.2 Å². The first-order valence-electron chi connectivity index (χ1n) is 8.12. The van der Waals surface area contributed by atoms with Gasteiger partial charge in [0, 0.05) is 22.9 Å². The quantitative estimate of drug-likeness (QED) is 0.539. The minimum Gasteiger partial charge on any atom is -0.493 e. The SMILES string of the molecule is COc1cc(Br)c(S(=O)(=O)NCc2cn(Cc3cccnc3)nn2)cc1OC. The van der Waals surface area contributed by atoms with Crippen LogP contribution in [0.15, 0.2) is 52.2 Å². The molecule has 0 fully saturated rings. The fourth-order valence-electron chi connectivity index (χ4n) is 2.46. The fourth-order valence-corrected chi connectivity index (χ4v) is 4.50. The molecule has 0 atom stereocenters. The number of hydrogen-bond acceptors (Lipinski definition) is 7. The molecule has 1 N–H and O–H groups in total. The summed E-state index contributed by atoms with van der Waals surface area (Å²) in [6, 6.07) is 6.69. The predicted molar refractivity (Wildman–Crippen MR) is 105 cm³/mol. The van der Waals surface area contributed by atoms with Crippen molar-refractivity contribution in [1.82, 2.24) is 24.7 Å². The van der Waals surface area contributed by atoms with Gasteiger partial charge in [0.25, 0.3) is 0 Å². The van der Waals surface area contributed by atoms with E-state index < -0.39 is 10.0 Å². The summed E-state index contributed by atoms with van der Waals surface area (Å²) in [5.74, 6) is 0.736. The maximum atomic E-state index is 12.7. The van der Waals surface area contributed by atoms with E-state index in [2.05, 4.69) is 35.9 Å². The zero-order valence-corrected chi connectivity index (χ0v) is 17.6. The second kappa shape index (κ2) is 8.67. The molecule has 0 aliphatic carbocycles. The van der Waals surface area contributed by atoms with Crippen molar-refractivity contribution in [2.45, 2.75) is 18.0 Å². The lowest BCUT2D eigenvalue weighted by molar-refractivity contribution is 0.353. The third-order valence-corrected chi connectivity index (χ3v) is 6.18. The van der Waals surface area contributed by atoms with E-state index in [1.165, 1.54) is 26.4 Å². The van der Waals surface area contributed by atoms with Crippen LogP contribution in [0.1, 0.15) is 11.3 Å². The smallest absolute Gasteiger partial charge is 0.242 e. The van der Waals surface area contributed by atoms with Crippen LogP contribution in [0.2, 0.25) is 0 Å². The Labute approximate surface area is 170 Å². The number of halogens is 1. The van der Waals surface area contributed by atoms with Crippen LogP contribution in [0.25, 0.3) is 0 Å². The van der Waals surface area contributed by atoms with Gasteiger partial charge in [-0.05, 0) is 33.6 Å². The molecule has 2 heterocycles. The highest BCUT2D eigenvalue weighted by Gasteiger charge is 2.21. The number of ether oxygens (including phenoxy) is 2. The number of pyridine rings is 1. The van der Waals surface area contributed by atoms with E-state index in [4.69, 9.17) is 9.47 Å². The van der Waals surface area contributed by atoms with Crippen LogP contribution in [-0.4, -0.2) is 42.6 Å². The maximum Gasteiger partial charge on any atom is 0.242 e. The van der Waals surface area contributed by atoms with Gasteiger partial charge in [0.15, 0.2) is 11.5 Å². The number of nitrogens with one attached hydrogen (secondary N) is 1. The third-order valence-electron chi connectivity index (χ3n) is 3.82. The summed E-state index contributed by atoms with van der Waals surface area (Å²) in [4.78, 5) is 4.08. The van der Waals surface area contributed by atoms with Crippen LogP contribution >= 0.6 is 15.9 Å². The van der Waals surface area contributed by atoms with Crippen LogP contribution in [0.3, 0.4) is 0 Å². The van der Waals surface area contributed by atoms with Gasteiger partial charge in [0.2, 0.25) is 10.0 Å². The number of hydrogen-bond donors (Lipinski definition) is 1. The number of nitrogens with zero attached hydrogens (tertiary/aromatic N) is 4. The second-order valence-corrected chi connectivity index (χ2v) is 8.32. The summed E-state index contributed by atoms with van der Waals surface area (Å²) < 4.78 is 40.2. The number of aromatic nitrogens is 4. The lowest BCUT2D eigenvalue weighted by atomic mass is 10.3. The molecule has 28 heavy (non-hydrogen) atoms. The fraction of sp³-hybridized carbons (Fsp3) is 0.235. The number of benzene rings is 1. The van der Waals surface area contributed by atoms with Gasteiger partial charge >= 0.3 is 0 Å². The topological polar surface area (TPSA) is 108 Å². The maximum absolute atomic E-state index is 12.7. The number of sulfonamides is 1. The Bertz CT molecular complexity index is 1060. The Morgan fingerprint density at radius 1 is 1.21 bits per heavy atom. The van der Waals surface area contributed by atoms with Crippen molar-refractivity contribution in [1.29, 1.82) is 0 Å². The average Bonchev–Trinajstić information content (AvgIpc) is 3.14. The van der Waals surface area contributed by atoms with E-state index in [-0.39, 0.29) is 11.4 Å². The molecule has 9 nitrogen and oxygen atoms in total. The molecular weight excluding hydrogens is 450 g/mol. The van der Waals surface area contributed by atoms with E-state index >= 15 is 0 Å². The number of rotatable bonds is 8. The van der Waals surface area contributed by atoms with Crippen LogP contribution in [-0.2, 0) is 23.1 Å². The summed E-state index contributed by atoms with van der Waals surface area (Å²) in [6.07, 6.45) is 5.11. The molecular formula is C17H18BrN5O4S. The Hall–Kier alpha value is -2.50. The first-order valence-corrected chi connectivity index (χ1v) is 10.4. The molecule has 0 aliphatic heterocycles. The lowest BCUT2D eigenvalue weighted by Crippen LogP contribution is -2.24. The first kappa shape index (κ1) is 20.2. The largest absolute Gasteiger partial charge is 0.493 e. The van der Waals surface area contributed by atoms with Gasteiger partial charge in [-0.2, -0.15) is 0 Å². The minimum atomic E-state index is -3.82. The van der Waals surface area contributed by atoms with Crippen LogP contribution in [0, 0.1) is 0 Å². The van der Waals surface area contributed by atoms with Gasteiger partial charge in [-0.3, -0.25) is 4.98 Å². The van der Waals surface area contributed by atoms with Crippen molar-refractivity contribution in [2.24, 2.45) is 0 Å². The summed E-state index contributed by atoms with van der Waals surface area (Å²) >= 11 is 3.26. The highest BCUT2D eigenvalue weighted by atomic mass is 79.9. The third kappa shape index (κ3) is 4.66. The van der Waals surface area contributed by atoms with E-state index in [1.54, 1.807) is 23.3 Å². The molecule has 0 saturated carbocycles. The molecule has 11 heteroatoms. The van der Waals surface area contributed by atoms with Crippen molar-refractivity contribution in [3.8, 4) is 11.5 Å². The molecule has 0 unspecified atom stereocenters. The molecule has 1 aromatic carbocycles. The predicted octanol–water partition coefficient (Wildman–Crippen LogP) is 1.98. The van der Waals surface area contributed by atoms with E-state index in [9.17, 15) is 8.42 Å². The molecule has 0 amide bonds. The van der Waals surface area contributed by atoms with Crippen molar-refractivity contribution in [2.75, 3.05) is 14.2 Å². The van der Waals surface area contributed by atoms with Gasteiger partial charge in [0.1, 0.15) is 4.90 Å². The monoisotopic (exact) mass is 467 g/mol. The molecule has 3 rings (SSSR count). The van der Waals surface area contributed by atoms with E-state index in [1.807, 2.05) is 12.1 Å². The van der Waals surface area contributed by atoms with Crippen molar-refractivity contribution in [3.63, 3.8) is 0 Å². The van der Waals surface area contributed by atoms with Crippen molar-refractivity contribution >= 4 is 26.0 Å². The minimum absolute atomic E-state index is 0.00381. The molecule has 2 aromatic heterocycles. The van der Waals surface area contributed by atoms with E-state index in [0.29, 0.717) is 28.2 Å². The zero-order chi connectivity index (χ0) is 20.1. The standard InChI is InChI=1S/C17H18BrN5O4S/c1-26-15-6-14(18)17(7-16(15)27-2)28(24,25)20-9-13-11-23(22-21-13)10-12-4-3-5-19-8-12/h3-8,11,20H,9-10H2,1-2H3. The van der Waals surface area contributed by atoms with Crippen LogP contribution in [0.5, 0.6) is 11.5 Å². The molecule has 0 bridgehead atoms. The Morgan fingerprint density at radius 2 is 1.96 bits per heavy atom. The molecule has 0 saturated heterocycles. The second-order valence-electron chi connectivity index (χ2n) is 5.73. The number of methoxy groups -OCH3 is 2. The van der Waals surface area contributed by atoms with Gasteiger partial charge < -0.3 is 9.47 Å². The summed E-state index contributed by atoms with van der Waals surface area (Å²) in [7, 11) is -0.897.